The van der Waals surface area contributed by atoms with Crippen molar-refractivity contribution >= 4 is 5.91 Å². The van der Waals surface area contributed by atoms with Gasteiger partial charge in [-0.2, -0.15) is 0 Å². The molecule has 0 aliphatic carbocycles. The fourth-order valence-electron chi connectivity index (χ4n) is 0.730. The molecule has 0 saturated carbocycles. The minimum atomic E-state index is 0.123. The summed E-state index contributed by atoms with van der Waals surface area (Å²) >= 11 is 0. The van der Waals surface area contributed by atoms with Crippen molar-refractivity contribution in [2.24, 2.45) is 5.92 Å². The summed E-state index contributed by atoms with van der Waals surface area (Å²) in [6, 6.07) is 0. The monoisotopic (exact) mass is 153 g/mol. The van der Waals surface area contributed by atoms with Crippen LogP contribution >= 0.6 is 0 Å². The summed E-state index contributed by atoms with van der Waals surface area (Å²) in [6.07, 6.45) is 5.64. The van der Waals surface area contributed by atoms with Crippen molar-refractivity contribution < 1.29 is 4.79 Å². The van der Waals surface area contributed by atoms with E-state index in [9.17, 15) is 4.79 Å². The molecule has 0 rings (SSSR count). The quantitative estimate of drug-likeness (QED) is 0.556. The van der Waals surface area contributed by atoms with Crippen molar-refractivity contribution in [3.05, 3.63) is 0 Å². The van der Waals surface area contributed by atoms with Crippen molar-refractivity contribution in [2.45, 2.75) is 20.3 Å². The highest BCUT2D eigenvalue weighted by Gasteiger charge is 2.08. The molecule has 0 aliphatic heterocycles. The molecule has 0 aromatic rings. The molecule has 0 heterocycles. The van der Waals surface area contributed by atoms with Crippen LogP contribution in [-0.4, -0.2) is 24.4 Å². The summed E-state index contributed by atoms with van der Waals surface area (Å²) in [6.45, 7) is 4.44. The third-order valence-electron chi connectivity index (χ3n) is 1.34. The first-order valence-corrected chi connectivity index (χ1v) is 3.75. The van der Waals surface area contributed by atoms with E-state index in [1.165, 1.54) is 0 Å². The van der Waals surface area contributed by atoms with E-state index in [1.807, 2.05) is 13.8 Å². The van der Waals surface area contributed by atoms with Gasteiger partial charge in [0.25, 0.3) is 0 Å². The molecule has 2 heteroatoms. The van der Waals surface area contributed by atoms with Gasteiger partial charge in [-0.25, -0.2) is 0 Å². The van der Waals surface area contributed by atoms with Gasteiger partial charge in [0.2, 0.25) is 5.91 Å². The standard InChI is InChI=1S/C9H15NO/c1-5-6-10(4)9(11)7-8(2)3/h1,8H,6-7H2,2-4H3. The molecule has 62 valence electrons. The van der Waals surface area contributed by atoms with E-state index in [0.717, 1.165) is 0 Å². The van der Waals surface area contributed by atoms with Crippen LogP contribution < -0.4 is 0 Å². The van der Waals surface area contributed by atoms with E-state index in [4.69, 9.17) is 6.42 Å². The molecule has 1 amide bonds. The van der Waals surface area contributed by atoms with Crippen LogP contribution in [0.4, 0.5) is 0 Å². The predicted octanol–water partition coefficient (Wildman–Crippen LogP) is 1.12. The zero-order chi connectivity index (χ0) is 8.85. The van der Waals surface area contributed by atoms with Gasteiger partial charge in [0.05, 0.1) is 6.54 Å². The molecule has 0 N–H and O–H groups in total. The van der Waals surface area contributed by atoms with Crippen molar-refractivity contribution in [1.82, 2.24) is 4.90 Å². The van der Waals surface area contributed by atoms with Crippen LogP contribution in [-0.2, 0) is 4.79 Å². The van der Waals surface area contributed by atoms with Crippen molar-refractivity contribution in [1.29, 1.82) is 0 Å². The minimum absolute atomic E-state index is 0.123. The Hall–Kier alpha value is -0.970. The average molecular weight is 153 g/mol. The van der Waals surface area contributed by atoms with Crippen molar-refractivity contribution in [3.8, 4) is 12.3 Å². The number of rotatable bonds is 3. The number of hydrogen-bond acceptors (Lipinski definition) is 1. The summed E-state index contributed by atoms with van der Waals surface area (Å²) < 4.78 is 0. The Bertz CT molecular complexity index is 167. The molecule has 11 heavy (non-hydrogen) atoms. The Labute approximate surface area is 68.6 Å². The van der Waals surface area contributed by atoms with Crippen LogP contribution in [0.3, 0.4) is 0 Å². The molecule has 0 radical (unpaired) electrons. The lowest BCUT2D eigenvalue weighted by molar-refractivity contribution is -0.130. The molecule has 0 unspecified atom stereocenters. The second kappa shape index (κ2) is 4.79. The Balaban J connectivity index is 3.75. The minimum Gasteiger partial charge on any atom is -0.335 e. The second-order valence-electron chi connectivity index (χ2n) is 3.05. The molecule has 0 aromatic heterocycles. The summed E-state index contributed by atoms with van der Waals surface area (Å²) in [5.41, 5.74) is 0. The lowest BCUT2D eigenvalue weighted by atomic mass is 10.1. The zero-order valence-electron chi connectivity index (χ0n) is 7.42. The first-order valence-electron chi connectivity index (χ1n) is 3.75. The molecule has 0 aromatic carbocycles. The number of nitrogens with zero attached hydrogens (tertiary/aromatic N) is 1. The number of carbonyl (C=O) groups excluding carboxylic acids is 1. The molecule has 0 aliphatic rings. The van der Waals surface area contributed by atoms with Gasteiger partial charge < -0.3 is 4.90 Å². The van der Waals surface area contributed by atoms with Crippen molar-refractivity contribution in [3.63, 3.8) is 0 Å². The smallest absolute Gasteiger partial charge is 0.223 e. The lowest BCUT2D eigenvalue weighted by Gasteiger charge is -2.14. The van der Waals surface area contributed by atoms with Crippen LogP contribution in [0.25, 0.3) is 0 Å². The first kappa shape index (κ1) is 10.0. The normalized spacial score (nSPS) is 9.36. The van der Waals surface area contributed by atoms with E-state index >= 15 is 0 Å². The van der Waals surface area contributed by atoms with Crippen LogP contribution in [0.1, 0.15) is 20.3 Å². The number of amides is 1. The molecule has 0 spiro atoms. The fraction of sp³-hybridized carbons (Fsp3) is 0.667. The van der Waals surface area contributed by atoms with E-state index in [2.05, 4.69) is 5.92 Å². The predicted molar refractivity (Wildman–Crippen MR) is 45.9 cm³/mol. The largest absolute Gasteiger partial charge is 0.335 e. The molecular weight excluding hydrogens is 138 g/mol. The molecule has 0 atom stereocenters. The summed E-state index contributed by atoms with van der Waals surface area (Å²) in [5.74, 6) is 2.96. The molecule has 0 fully saturated rings. The summed E-state index contributed by atoms with van der Waals surface area (Å²) in [7, 11) is 1.73. The van der Waals surface area contributed by atoms with Crippen molar-refractivity contribution in [2.75, 3.05) is 13.6 Å². The third kappa shape index (κ3) is 4.44. The van der Waals surface area contributed by atoms with E-state index in [1.54, 1.807) is 11.9 Å². The van der Waals surface area contributed by atoms with Gasteiger partial charge >= 0.3 is 0 Å². The van der Waals surface area contributed by atoms with E-state index in [0.29, 0.717) is 18.9 Å². The van der Waals surface area contributed by atoms with Crippen LogP contribution in [0.2, 0.25) is 0 Å². The average Bonchev–Trinajstić information content (AvgIpc) is 1.86. The summed E-state index contributed by atoms with van der Waals surface area (Å²) in [4.78, 5) is 12.7. The van der Waals surface area contributed by atoms with Gasteiger partial charge in [0, 0.05) is 13.5 Å². The maximum atomic E-state index is 11.2. The fourth-order valence-corrected chi connectivity index (χ4v) is 0.730. The van der Waals surface area contributed by atoms with Gasteiger partial charge in [0.15, 0.2) is 0 Å². The topological polar surface area (TPSA) is 20.3 Å². The maximum Gasteiger partial charge on any atom is 0.223 e. The Morgan fingerprint density at radius 3 is 2.55 bits per heavy atom. The highest BCUT2D eigenvalue weighted by Crippen LogP contribution is 2.01. The summed E-state index contributed by atoms with van der Waals surface area (Å²) in [5, 5.41) is 0. The van der Waals surface area contributed by atoms with Crippen LogP contribution in [0, 0.1) is 18.3 Å². The molecule has 2 nitrogen and oxygen atoms in total. The van der Waals surface area contributed by atoms with Gasteiger partial charge in [-0.1, -0.05) is 19.8 Å². The Morgan fingerprint density at radius 1 is 1.64 bits per heavy atom. The van der Waals surface area contributed by atoms with Gasteiger partial charge in [0.1, 0.15) is 0 Å². The molecule has 0 bridgehead atoms. The SMILES string of the molecule is C#CCN(C)C(=O)CC(C)C. The number of hydrogen-bond donors (Lipinski definition) is 0. The first-order chi connectivity index (χ1) is 5.07. The van der Waals surface area contributed by atoms with Crippen LogP contribution in [0.5, 0.6) is 0 Å². The van der Waals surface area contributed by atoms with Gasteiger partial charge in [-0.05, 0) is 5.92 Å². The van der Waals surface area contributed by atoms with Gasteiger partial charge in [-0.3, -0.25) is 4.79 Å². The van der Waals surface area contributed by atoms with Gasteiger partial charge in [-0.15, -0.1) is 6.42 Å². The number of terminal acetylenes is 1. The maximum absolute atomic E-state index is 11.2. The zero-order valence-corrected chi connectivity index (χ0v) is 7.42. The number of carbonyl (C=O) groups is 1. The second-order valence-corrected chi connectivity index (χ2v) is 3.05. The highest BCUT2D eigenvalue weighted by molar-refractivity contribution is 5.76. The van der Waals surface area contributed by atoms with E-state index < -0.39 is 0 Å². The molecule has 0 saturated heterocycles. The van der Waals surface area contributed by atoms with Crippen LogP contribution in [0.15, 0.2) is 0 Å². The Kier molecular flexibility index (Phi) is 4.36. The highest BCUT2D eigenvalue weighted by atomic mass is 16.2. The van der Waals surface area contributed by atoms with E-state index in [-0.39, 0.29) is 5.91 Å². The molecular formula is C9H15NO. The lowest BCUT2D eigenvalue weighted by Crippen LogP contribution is -2.27. The third-order valence-corrected chi connectivity index (χ3v) is 1.34. The Morgan fingerprint density at radius 2 is 2.18 bits per heavy atom.